The van der Waals surface area contributed by atoms with Gasteiger partial charge in [-0.15, -0.1) is 0 Å². The Balaban J connectivity index is 1.54. The van der Waals surface area contributed by atoms with E-state index in [1.54, 1.807) is 0 Å². The molecule has 1 aromatic heterocycles. The normalized spacial score (nSPS) is 16.2. The smallest absolute Gasteiger partial charge is 0.272 e. The van der Waals surface area contributed by atoms with Crippen LogP contribution in [0, 0.1) is 13.8 Å². The van der Waals surface area contributed by atoms with E-state index in [2.05, 4.69) is 51.6 Å². The zero-order valence-electron chi connectivity index (χ0n) is 16.4. The number of rotatable bonds is 5. The van der Waals surface area contributed by atoms with Crippen LogP contribution in [0.2, 0.25) is 0 Å². The summed E-state index contributed by atoms with van der Waals surface area (Å²) < 4.78 is 5.51. The van der Waals surface area contributed by atoms with Crippen molar-refractivity contribution < 1.29 is 9.53 Å². The van der Waals surface area contributed by atoms with Crippen LogP contribution in [0.25, 0.3) is 10.9 Å². The van der Waals surface area contributed by atoms with Crippen LogP contribution in [0.5, 0.6) is 0 Å². The van der Waals surface area contributed by atoms with Gasteiger partial charge in [0.2, 0.25) is 0 Å². The Kier molecular flexibility index (Phi) is 5.41. The predicted molar refractivity (Wildman–Crippen MR) is 109 cm³/mol. The number of aryl methyl sites for hydroxylation is 2. The van der Waals surface area contributed by atoms with Gasteiger partial charge in [0, 0.05) is 25.0 Å². The molecule has 2 aromatic carbocycles. The maximum atomic E-state index is 12.9. The van der Waals surface area contributed by atoms with E-state index in [1.807, 2.05) is 25.1 Å². The minimum Gasteiger partial charge on any atom is -0.379 e. The molecule has 1 aliphatic heterocycles. The average molecular weight is 378 g/mol. The third-order valence-corrected chi connectivity index (χ3v) is 5.30. The number of fused-ring (bicyclic) bond motifs is 1. The Bertz CT molecular complexity index is 976. The van der Waals surface area contributed by atoms with E-state index in [0.717, 1.165) is 42.8 Å². The van der Waals surface area contributed by atoms with Gasteiger partial charge in [-0.3, -0.25) is 14.8 Å². The third-order valence-electron chi connectivity index (χ3n) is 5.30. The molecule has 4 rings (SSSR count). The number of nitrogens with one attached hydrogen (secondary N) is 2. The molecule has 1 unspecified atom stereocenters. The summed E-state index contributed by atoms with van der Waals surface area (Å²) in [6, 6.07) is 14.6. The first-order valence-corrected chi connectivity index (χ1v) is 9.73. The molecule has 2 heterocycles. The number of carbonyl (C=O) groups is 1. The summed E-state index contributed by atoms with van der Waals surface area (Å²) in [6.45, 7) is 7.80. The number of aromatic nitrogens is 2. The summed E-state index contributed by atoms with van der Waals surface area (Å²) in [6.07, 6.45) is 0. The highest BCUT2D eigenvalue weighted by atomic mass is 16.5. The Morgan fingerprint density at radius 2 is 1.96 bits per heavy atom. The van der Waals surface area contributed by atoms with Crippen LogP contribution in [-0.4, -0.2) is 53.9 Å². The van der Waals surface area contributed by atoms with Gasteiger partial charge < -0.3 is 10.1 Å². The molecule has 6 heteroatoms. The summed E-state index contributed by atoms with van der Waals surface area (Å²) in [5, 5.41) is 11.2. The Labute approximate surface area is 164 Å². The van der Waals surface area contributed by atoms with E-state index in [9.17, 15) is 4.79 Å². The number of hydrogen-bond donors (Lipinski definition) is 2. The van der Waals surface area contributed by atoms with Gasteiger partial charge in [-0.2, -0.15) is 5.10 Å². The standard InChI is InChI=1S/C22H26N4O2/c1-15-4-3-5-17(12-15)20(26-8-10-28-11-9-26)14-23-22(27)21-18-13-16(2)6-7-19(18)24-25-21/h3-7,12-13,20H,8-11,14H2,1-2H3,(H,23,27)(H,24,25). The molecule has 1 amide bonds. The lowest BCUT2D eigenvalue weighted by molar-refractivity contribution is 0.0162. The van der Waals surface area contributed by atoms with Gasteiger partial charge in [0.15, 0.2) is 5.69 Å². The summed E-state index contributed by atoms with van der Waals surface area (Å²) in [4.78, 5) is 15.3. The second-order valence-corrected chi connectivity index (χ2v) is 7.41. The van der Waals surface area contributed by atoms with Crippen molar-refractivity contribution in [3.8, 4) is 0 Å². The number of H-pyrrole nitrogens is 1. The fourth-order valence-electron chi connectivity index (χ4n) is 3.80. The van der Waals surface area contributed by atoms with Crippen LogP contribution in [0.4, 0.5) is 0 Å². The number of carbonyl (C=O) groups excluding carboxylic acids is 1. The van der Waals surface area contributed by atoms with Gasteiger partial charge in [0.1, 0.15) is 0 Å². The zero-order valence-corrected chi connectivity index (χ0v) is 16.4. The third kappa shape index (κ3) is 3.93. The van der Waals surface area contributed by atoms with Crippen molar-refractivity contribution in [1.82, 2.24) is 20.4 Å². The maximum absolute atomic E-state index is 12.9. The van der Waals surface area contributed by atoms with E-state index in [4.69, 9.17) is 4.74 Å². The lowest BCUT2D eigenvalue weighted by Gasteiger charge is -2.35. The molecule has 0 radical (unpaired) electrons. The summed E-state index contributed by atoms with van der Waals surface area (Å²) in [5.74, 6) is -0.150. The quantitative estimate of drug-likeness (QED) is 0.716. The fourth-order valence-corrected chi connectivity index (χ4v) is 3.80. The zero-order chi connectivity index (χ0) is 19.5. The van der Waals surface area contributed by atoms with Gasteiger partial charge in [-0.1, -0.05) is 41.5 Å². The molecule has 0 saturated carbocycles. The number of hydrogen-bond acceptors (Lipinski definition) is 4. The Hall–Kier alpha value is -2.70. The summed E-state index contributed by atoms with van der Waals surface area (Å²) in [7, 11) is 0. The molecule has 0 spiro atoms. The monoisotopic (exact) mass is 378 g/mol. The number of aromatic amines is 1. The van der Waals surface area contributed by atoms with E-state index < -0.39 is 0 Å². The number of benzene rings is 2. The molecule has 146 valence electrons. The number of ether oxygens (including phenoxy) is 1. The molecule has 1 aliphatic rings. The molecular weight excluding hydrogens is 352 g/mol. The van der Waals surface area contributed by atoms with Crippen molar-refractivity contribution in [1.29, 1.82) is 0 Å². The summed E-state index contributed by atoms with van der Waals surface area (Å²) >= 11 is 0. The first-order valence-electron chi connectivity index (χ1n) is 9.73. The minimum absolute atomic E-state index is 0.111. The number of nitrogens with zero attached hydrogens (tertiary/aromatic N) is 2. The topological polar surface area (TPSA) is 70.2 Å². The van der Waals surface area contributed by atoms with Gasteiger partial charge >= 0.3 is 0 Å². The summed E-state index contributed by atoms with van der Waals surface area (Å²) in [5.41, 5.74) is 4.86. The minimum atomic E-state index is -0.150. The highest BCUT2D eigenvalue weighted by molar-refractivity contribution is 6.04. The van der Waals surface area contributed by atoms with Crippen LogP contribution in [-0.2, 0) is 4.74 Å². The SMILES string of the molecule is Cc1cccc(C(CNC(=O)c2n[nH]c3ccc(C)cc23)N2CCOCC2)c1. The molecule has 1 saturated heterocycles. The van der Waals surface area contributed by atoms with Crippen molar-refractivity contribution in [2.24, 2.45) is 0 Å². The van der Waals surface area contributed by atoms with Crippen LogP contribution < -0.4 is 5.32 Å². The molecule has 1 fully saturated rings. The molecule has 3 aromatic rings. The second kappa shape index (κ2) is 8.12. The van der Waals surface area contributed by atoms with E-state index in [1.165, 1.54) is 11.1 Å². The van der Waals surface area contributed by atoms with Gasteiger partial charge in [-0.25, -0.2) is 0 Å². The number of morpholine rings is 1. The highest BCUT2D eigenvalue weighted by Gasteiger charge is 2.24. The van der Waals surface area contributed by atoms with Crippen LogP contribution in [0.3, 0.4) is 0 Å². The molecule has 1 atom stereocenters. The van der Waals surface area contributed by atoms with Crippen molar-refractivity contribution in [3.63, 3.8) is 0 Å². The average Bonchev–Trinajstić information content (AvgIpc) is 3.12. The van der Waals surface area contributed by atoms with Crippen molar-refractivity contribution in [3.05, 3.63) is 64.8 Å². The largest absolute Gasteiger partial charge is 0.379 e. The first kappa shape index (κ1) is 18.7. The van der Waals surface area contributed by atoms with Gasteiger partial charge in [0.05, 0.1) is 24.8 Å². The molecule has 6 nitrogen and oxygen atoms in total. The second-order valence-electron chi connectivity index (χ2n) is 7.41. The van der Waals surface area contributed by atoms with Crippen molar-refractivity contribution in [2.75, 3.05) is 32.8 Å². The molecular formula is C22H26N4O2. The molecule has 0 bridgehead atoms. The lowest BCUT2D eigenvalue weighted by atomic mass is 10.0. The molecule has 2 N–H and O–H groups in total. The maximum Gasteiger partial charge on any atom is 0.272 e. The fraction of sp³-hybridized carbons (Fsp3) is 0.364. The number of amides is 1. The van der Waals surface area contributed by atoms with Gasteiger partial charge in [0.25, 0.3) is 5.91 Å². The van der Waals surface area contributed by atoms with E-state index in [0.29, 0.717) is 12.2 Å². The van der Waals surface area contributed by atoms with Crippen LogP contribution in [0.15, 0.2) is 42.5 Å². The molecule has 0 aliphatic carbocycles. The van der Waals surface area contributed by atoms with Crippen molar-refractivity contribution >= 4 is 16.8 Å². The van der Waals surface area contributed by atoms with E-state index in [-0.39, 0.29) is 11.9 Å². The Morgan fingerprint density at radius 1 is 1.18 bits per heavy atom. The lowest BCUT2D eigenvalue weighted by Crippen LogP contribution is -2.43. The van der Waals surface area contributed by atoms with Crippen molar-refractivity contribution in [2.45, 2.75) is 19.9 Å². The van der Waals surface area contributed by atoms with E-state index >= 15 is 0 Å². The van der Waals surface area contributed by atoms with Crippen LogP contribution >= 0.6 is 0 Å². The highest BCUT2D eigenvalue weighted by Crippen LogP contribution is 2.23. The van der Waals surface area contributed by atoms with Crippen LogP contribution in [0.1, 0.15) is 33.2 Å². The first-order chi connectivity index (χ1) is 13.6. The van der Waals surface area contributed by atoms with Gasteiger partial charge in [-0.05, 0) is 31.5 Å². The predicted octanol–water partition coefficient (Wildman–Crippen LogP) is 2.98. The molecule has 28 heavy (non-hydrogen) atoms. The Morgan fingerprint density at radius 3 is 2.75 bits per heavy atom.